The van der Waals surface area contributed by atoms with Crippen molar-refractivity contribution in [3.8, 4) is 0 Å². The average molecular weight is 296 g/mol. The van der Waals surface area contributed by atoms with E-state index in [0.29, 0.717) is 6.04 Å². The lowest BCUT2D eigenvalue weighted by atomic mass is 10.0. The highest BCUT2D eigenvalue weighted by atomic mass is 32.1. The largest absolute Gasteiger partial charge is 0.348 e. The summed E-state index contributed by atoms with van der Waals surface area (Å²) in [6, 6.07) is 0.648. The van der Waals surface area contributed by atoms with Crippen LogP contribution in [-0.4, -0.2) is 49.2 Å². The number of piperidine rings is 1. The molecule has 2 rings (SSSR count). The molecule has 4 nitrogen and oxygen atoms in total. The Morgan fingerprint density at radius 2 is 2.05 bits per heavy atom. The number of likely N-dealkylation sites (tertiary alicyclic amines) is 1. The van der Waals surface area contributed by atoms with Gasteiger partial charge in [-0.05, 0) is 32.9 Å². The lowest BCUT2D eigenvalue weighted by Crippen LogP contribution is -2.43. The summed E-state index contributed by atoms with van der Waals surface area (Å²) in [5, 5.41) is 4.58. The van der Waals surface area contributed by atoms with Gasteiger partial charge >= 0.3 is 0 Å². The standard InChI is InChI=1S/C15H28N4S/c1-5-16-11-14-12(3)17-15(20-14)18(4)13-7-9-19(6-2)10-8-13/h13,16H,5-11H2,1-4H3. The molecule has 0 spiro atoms. The highest BCUT2D eigenvalue weighted by Gasteiger charge is 2.23. The van der Waals surface area contributed by atoms with Crippen molar-refractivity contribution < 1.29 is 0 Å². The van der Waals surface area contributed by atoms with Crippen molar-refractivity contribution >= 4 is 16.5 Å². The molecule has 1 aliphatic heterocycles. The molecule has 1 fully saturated rings. The Morgan fingerprint density at radius 3 is 2.65 bits per heavy atom. The molecule has 0 unspecified atom stereocenters. The van der Waals surface area contributed by atoms with E-state index in [1.54, 1.807) is 0 Å². The van der Waals surface area contributed by atoms with Gasteiger partial charge in [-0.25, -0.2) is 4.98 Å². The molecule has 114 valence electrons. The normalized spacial score (nSPS) is 17.6. The zero-order valence-corrected chi connectivity index (χ0v) is 14.1. The smallest absolute Gasteiger partial charge is 0.185 e. The fourth-order valence-corrected chi connectivity index (χ4v) is 3.81. The van der Waals surface area contributed by atoms with Crippen LogP contribution in [0.25, 0.3) is 0 Å². The van der Waals surface area contributed by atoms with Gasteiger partial charge in [-0.1, -0.05) is 13.8 Å². The molecule has 0 radical (unpaired) electrons. The monoisotopic (exact) mass is 296 g/mol. The fourth-order valence-electron chi connectivity index (χ4n) is 2.75. The first-order chi connectivity index (χ1) is 9.65. The average Bonchev–Trinajstić information content (AvgIpc) is 2.85. The number of hydrogen-bond donors (Lipinski definition) is 1. The van der Waals surface area contributed by atoms with Crippen LogP contribution < -0.4 is 10.2 Å². The number of nitrogens with one attached hydrogen (secondary N) is 1. The number of aromatic nitrogens is 1. The predicted octanol–water partition coefficient (Wildman–Crippen LogP) is 2.48. The maximum Gasteiger partial charge on any atom is 0.185 e. The van der Waals surface area contributed by atoms with Gasteiger partial charge in [0.05, 0.1) is 5.69 Å². The second-order valence-electron chi connectivity index (χ2n) is 5.56. The zero-order valence-electron chi connectivity index (χ0n) is 13.3. The highest BCUT2D eigenvalue weighted by molar-refractivity contribution is 7.15. The zero-order chi connectivity index (χ0) is 14.5. The summed E-state index contributed by atoms with van der Waals surface area (Å²) < 4.78 is 0. The third-order valence-corrected chi connectivity index (χ3v) is 5.52. The van der Waals surface area contributed by atoms with Crippen LogP contribution in [-0.2, 0) is 6.54 Å². The van der Waals surface area contributed by atoms with Crippen molar-refractivity contribution in [3.05, 3.63) is 10.6 Å². The minimum atomic E-state index is 0.648. The van der Waals surface area contributed by atoms with Gasteiger partial charge in [-0.3, -0.25) is 0 Å². The van der Waals surface area contributed by atoms with Crippen molar-refractivity contribution in [1.82, 2.24) is 15.2 Å². The van der Waals surface area contributed by atoms with E-state index in [0.717, 1.165) is 13.1 Å². The lowest BCUT2D eigenvalue weighted by molar-refractivity contribution is 0.221. The van der Waals surface area contributed by atoms with Gasteiger partial charge in [0, 0.05) is 37.6 Å². The first-order valence-corrected chi connectivity index (χ1v) is 8.59. The van der Waals surface area contributed by atoms with Crippen molar-refractivity contribution in [2.45, 2.75) is 46.2 Å². The third kappa shape index (κ3) is 3.71. The van der Waals surface area contributed by atoms with Gasteiger partial charge in [0.15, 0.2) is 5.13 Å². The van der Waals surface area contributed by atoms with Gasteiger partial charge in [-0.2, -0.15) is 0 Å². The van der Waals surface area contributed by atoms with Gasteiger partial charge in [0.25, 0.3) is 0 Å². The molecule has 1 aromatic rings. The quantitative estimate of drug-likeness (QED) is 0.874. The number of hydrogen-bond acceptors (Lipinski definition) is 5. The molecule has 0 aliphatic carbocycles. The lowest BCUT2D eigenvalue weighted by Gasteiger charge is -2.36. The second kappa shape index (κ2) is 7.38. The van der Waals surface area contributed by atoms with Crippen LogP contribution in [0.2, 0.25) is 0 Å². The number of nitrogens with zero attached hydrogens (tertiary/aromatic N) is 3. The fraction of sp³-hybridized carbons (Fsp3) is 0.800. The molecule has 2 heterocycles. The van der Waals surface area contributed by atoms with Crippen LogP contribution in [0.15, 0.2) is 0 Å². The Hall–Kier alpha value is -0.650. The van der Waals surface area contributed by atoms with Crippen LogP contribution in [0, 0.1) is 6.92 Å². The molecule has 0 aromatic carbocycles. The minimum Gasteiger partial charge on any atom is -0.348 e. The van der Waals surface area contributed by atoms with E-state index in [1.165, 1.54) is 48.2 Å². The molecular formula is C15H28N4S. The van der Waals surface area contributed by atoms with Crippen LogP contribution >= 0.6 is 11.3 Å². The van der Waals surface area contributed by atoms with E-state index in [9.17, 15) is 0 Å². The number of thiazole rings is 1. The molecule has 5 heteroatoms. The summed E-state index contributed by atoms with van der Waals surface area (Å²) in [6.45, 7) is 12.1. The first kappa shape index (κ1) is 15.7. The van der Waals surface area contributed by atoms with Crippen molar-refractivity contribution in [2.24, 2.45) is 0 Å². The van der Waals surface area contributed by atoms with Crippen molar-refractivity contribution in [3.63, 3.8) is 0 Å². The SMILES string of the molecule is CCNCc1sc(N(C)C2CCN(CC)CC2)nc1C. The van der Waals surface area contributed by atoms with Gasteiger partial charge in [-0.15, -0.1) is 11.3 Å². The van der Waals surface area contributed by atoms with Crippen LogP contribution in [0.1, 0.15) is 37.3 Å². The third-order valence-electron chi connectivity index (χ3n) is 4.27. The molecule has 0 bridgehead atoms. The summed E-state index contributed by atoms with van der Waals surface area (Å²) in [6.07, 6.45) is 2.51. The van der Waals surface area contributed by atoms with E-state index in [4.69, 9.17) is 4.98 Å². The molecule has 0 amide bonds. The topological polar surface area (TPSA) is 31.4 Å². The van der Waals surface area contributed by atoms with E-state index < -0.39 is 0 Å². The Labute approximate surface area is 127 Å². The summed E-state index contributed by atoms with van der Waals surface area (Å²) in [4.78, 5) is 11.1. The molecule has 0 saturated carbocycles. The van der Waals surface area contributed by atoms with E-state index in [2.05, 4.69) is 42.9 Å². The molecule has 1 aromatic heterocycles. The Morgan fingerprint density at radius 1 is 1.35 bits per heavy atom. The maximum absolute atomic E-state index is 4.77. The molecule has 1 aliphatic rings. The summed E-state index contributed by atoms with van der Waals surface area (Å²) in [5.41, 5.74) is 1.18. The van der Waals surface area contributed by atoms with Crippen LogP contribution in [0.4, 0.5) is 5.13 Å². The van der Waals surface area contributed by atoms with E-state index in [-0.39, 0.29) is 0 Å². The highest BCUT2D eigenvalue weighted by Crippen LogP contribution is 2.29. The Bertz CT molecular complexity index is 410. The van der Waals surface area contributed by atoms with Crippen LogP contribution in [0.3, 0.4) is 0 Å². The van der Waals surface area contributed by atoms with E-state index in [1.807, 2.05) is 11.3 Å². The van der Waals surface area contributed by atoms with Crippen molar-refractivity contribution in [2.75, 3.05) is 38.1 Å². The summed E-state index contributed by atoms with van der Waals surface area (Å²) in [5.74, 6) is 0. The molecule has 0 atom stereocenters. The number of aryl methyl sites for hydroxylation is 1. The second-order valence-corrected chi connectivity index (χ2v) is 6.62. The van der Waals surface area contributed by atoms with Gasteiger partial charge in [0.2, 0.25) is 0 Å². The number of rotatable bonds is 6. The van der Waals surface area contributed by atoms with Crippen LogP contribution in [0.5, 0.6) is 0 Å². The van der Waals surface area contributed by atoms with Gasteiger partial charge < -0.3 is 15.1 Å². The summed E-state index contributed by atoms with van der Waals surface area (Å²) in [7, 11) is 2.21. The minimum absolute atomic E-state index is 0.648. The van der Waals surface area contributed by atoms with E-state index >= 15 is 0 Å². The number of anilines is 1. The molecule has 1 saturated heterocycles. The molecule has 1 N–H and O–H groups in total. The van der Waals surface area contributed by atoms with Crippen molar-refractivity contribution in [1.29, 1.82) is 0 Å². The maximum atomic E-state index is 4.77. The predicted molar refractivity (Wildman–Crippen MR) is 87.8 cm³/mol. The molecular weight excluding hydrogens is 268 g/mol. The first-order valence-electron chi connectivity index (χ1n) is 7.77. The Kier molecular flexibility index (Phi) is 5.81. The van der Waals surface area contributed by atoms with Gasteiger partial charge in [0.1, 0.15) is 0 Å². The molecule has 20 heavy (non-hydrogen) atoms. The Balaban J connectivity index is 1.97. The summed E-state index contributed by atoms with van der Waals surface area (Å²) >= 11 is 1.85.